The van der Waals surface area contributed by atoms with Crippen LogP contribution < -0.4 is 0 Å². The molecule has 0 aliphatic rings. The van der Waals surface area contributed by atoms with Gasteiger partial charge in [0.25, 0.3) is 0 Å². The van der Waals surface area contributed by atoms with E-state index in [9.17, 15) is 5.11 Å². The lowest BCUT2D eigenvalue weighted by atomic mass is 9.88. The van der Waals surface area contributed by atoms with Crippen molar-refractivity contribution in [2.24, 2.45) is 5.41 Å². The van der Waals surface area contributed by atoms with Gasteiger partial charge < -0.3 is 9.84 Å². The number of hydrogen-bond donors (Lipinski definition) is 1. The van der Waals surface area contributed by atoms with Gasteiger partial charge in [-0.1, -0.05) is 40.3 Å². The fourth-order valence-electron chi connectivity index (χ4n) is 1.27. The van der Waals surface area contributed by atoms with Gasteiger partial charge in [0.05, 0.1) is 6.61 Å². The molecule has 0 aromatic carbocycles. The zero-order chi connectivity index (χ0) is 11.9. The highest BCUT2D eigenvalue weighted by atomic mass is 16.5. The van der Waals surface area contributed by atoms with Crippen molar-refractivity contribution in [1.29, 1.82) is 0 Å². The van der Waals surface area contributed by atoms with Gasteiger partial charge in [-0.15, -0.1) is 0 Å². The van der Waals surface area contributed by atoms with Gasteiger partial charge in [-0.25, -0.2) is 0 Å². The Morgan fingerprint density at radius 2 is 2.07 bits per heavy atom. The van der Waals surface area contributed by atoms with Gasteiger partial charge in [-0.2, -0.15) is 0 Å². The molecule has 0 aliphatic carbocycles. The lowest BCUT2D eigenvalue weighted by molar-refractivity contribution is 0.0738. The van der Waals surface area contributed by atoms with Crippen LogP contribution in [0, 0.1) is 5.41 Å². The third-order valence-corrected chi connectivity index (χ3v) is 1.89. The molecule has 1 unspecified atom stereocenters. The standard InChI is InChI=1S/C13H24O2/c1-6-8-12(15-9-7-2)11(14)10-13(3,4)5/h6,8,11,14H,1,7,9-10H2,2-5H3/b12-8-. The minimum absolute atomic E-state index is 0.0925. The van der Waals surface area contributed by atoms with E-state index in [1.165, 1.54) is 0 Å². The van der Waals surface area contributed by atoms with Crippen molar-refractivity contribution in [3.63, 3.8) is 0 Å². The van der Waals surface area contributed by atoms with Crippen molar-refractivity contribution in [1.82, 2.24) is 0 Å². The molecular weight excluding hydrogens is 188 g/mol. The van der Waals surface area contributed by atoms with Crippen molar-refractivity contribution >= 4 is 0 Å². The molecule has 0 rings (SSSR count). The Labute approximate surface area is 93.6 Å². The molecule has 0 aromatic heterocycles. The molecule has 15 heavy (non-hydrogen) atoms. The van der Waals surface area contributed by atoms with Crippen molar-refractivity contribution in [2.75, 3.05) is 6.61 Å². The van der Waals surface area contributed by atoms with Gasteiger partial charge in [0, 0.05) is 0 Å². The van der Waals surface area contributed by atoms with Gasteiger partial charge in [0.15, 0.2) is 0 Å². The molecule has 0 bridgehead atoms. The Bertz CT molecular complexity index is 211. The van der Waals surface area contributed by atoms with Gasteiger partial charge in [-0.3, -0.25) is 0 Å². The maximum absolute atomic E-state index is 9.96. The summed E-state index contributed by atoms with van der Waals surface area (Å²) >= 11 is 0. The second-order valence-corrected chi connectivity index (χ2v) is 4.93. The van der Waals surface area contributed by atoms with E-state index in [1.54, 1.807) is 12.2 Å². The van der Waals surface area contributed by atoms with Crippen LogP contribution >= 0.6 is 0 Å². The number of aliphatic hydroxyl groups is 1. The summed E-state index contributed by atoms with van der Waals surface area (Å²) in [6.45, 7) is 12.6. The fraction of sp³-hybridized carbons (Fsp3) is 0.692. The Morgan fingerprint density at radius 3 is 2.47 bits per heavy atom. The quantitative estimate of drug-likeness (QED) is 0.541. The molecule has 0 aromatic rings. The fourth-order valence-corrected chi connectivity index (χ4v) is 1.27. The molecule has 0 amide bonds. The molecule has 0 saturated heterocycles. The van der Waals surface area contributed by atoms with E-state index < -0.39 is 6.10 Å². The third-order valence-electron chi connectivity index (χ3n) is 1.89. The molecular formula is C13H24O2. The predicted octanol–water partition coefficient (Wildman–Crippen LogP) is 3.28. The van der Waals surface area contributed by atoms with Crippen molar-refractivity contribution < 1.29 is 9.84 Å². The van der Waals surface area contributed by atoms with Crippen LogP contribution in [0.25, 0.3) is 0 Å². The number of rotatable bonds is 6. The van der Waals surface area contributed by atoms with Gasteiger partial charge in [0.1, 0.15) is 11.9 Å². The summed E-state index contributed by atoms with van der Waals surface area (Å²) in [5, 5.41) is 9.96. The van der Waals surface area contributed by atoms with E-state index in [1.807, 2.05) is 6.92 Å². The maximum Gasteiger partial charge on any atom is 0.124 e. The lowest BCUT2D eigenvalue weighted by Crippen LogP contribution is -2.21. The number of hydrogen-bond acceptors (Lipinski definition) is 2. The molecule has 0 saturated carbocycles. The smallest absolute Gasteiger partial charge is 0.124 e. The van der Waals surface area contributed by atoms with Crippen LogP contribution in [0.15, 0.2) is 24.5 Å². The molecule has 0 aliphatic heterocycles. The summed E-state index contributed by atoms with van der Waals surface area (Å²) in [6.07, 6.45) is 4.49. The average molecular weight is 212 g/mol. The second kappa shape index (κ2) is 6.67. The Kier molecular flexibility index (Phi) is 6.34. The first-order chi connectivity index (χ1) is 6.90. The van der Waals surface area contributed by atoms with Crippen LogP contribution in [0.2, 0.25) is 0 Å². The number of ether oxygens (including phenoxy) is 1. The van der Waals surface area contributed by atoms with Gasteiger partial charge in [-0.05, 0) is 24.3 Å². The second-order valence-electron chi connectivity index (χ2n) is 4.93. The monoisotopic (exact) mass is 212 g/mol. The molecule has 0 heterocycles. The van der Waals surface area contributed by atoms with E-state index in [0.29, 0.717) is 18.8 Å². The van der Waals surface area contributed by atoms with E-state index >= 15 is 0 Å². The van der Waals surface area contributed by atoms with Gasteiger partial charge in [0.2, 0.25) is 0 Å². The zero-order valence-corrected chi connectivity index (χ0v) is 10.4. The lowest BCUT2D eigenvalue weighted by Gasteiger charge is -2.24. The highest BCUT2D eigenvalue weighted by molar-refractivity contribution is 5.09. The molecule has 88 valence electrons. The average Bonchev–Trinajstić information content (AvgIpc) is 2.09. The summed E-state index contributed by atoms with van der Waals surface area (Å²) in [4.78, 5) is 0. The van der Waals surface area contributed by atoms with Crippen molar-refractivity contribution in [2.45, 2.75) is 46.6 Å². The first kappa shape index (κ1) is 14.2. The highest BCUT2D eigenvalue weighted by Crippen LogP contribution is 2.24. The Hall–Kier alpha value is -0.760. The van der Waals surface area contributed by atoms with Crippen LogP contribution in [0.5, 0.6) is 0 Å². The summed E-state index contributed by atoms with van der Waals surface area (Å²) in [5.41, 5.74) is 0.0925. The summed E-state index contributed by atoms with van der Waals surface area (Å²) < 4.78 is 5.48. The molecule has 2 nitrogen and oxygen atoms in total. The van der Waals surface area contributed by atoms with E-state index in [-0.39, 0.29) is 5.41 Å². The Morgan fingerprint density at radius 1 is 1.47 bits per heavy atom. The Balaban J connectivity index is 4.35. The predicted molar refractivity (Wildman–Crippen MR) is 64.6 cm³/mol. The largest absolute Gasteiger partial charge is 0.495 e. The molecule has 1 N–H and O–H groups in total. The SMILES string of the molecule is C=C/C=C(\OCCC)C(O)CC(C)(C)C. The van der Waals surface area contributed by atoms with Crippen LogP contribution in [-0.2, 0) is 4.74 Å². The zero-order valence-electron chi connectivity index (χ0n) is 10.4. The molecule has 0 fully saturated rings. The summed E-state index contributed by atoms with van der Waals surface area (Å²) in [5.74, 6) is 0.627. The molecule has 0 radical (unpaired) electrons. The van der Waals surface area contributed by atoms with Gasteiger partial charge >= 0.3 is 0 Å². The van der Waals surface area contributed by atoms with E-state index in [2.05, 4.69) is 27.4 Å². The van der Waals surface area contributed by atoms with Crippen molar-refractivity contribution in [3.05, 3.63) is 24.5 Å². The third kappa shape index (κ3) is 7.20. The molecule has 1 atom stereocenters. The van der Waals surface area contributed by atoms with Crippen LogP contribution in [-0.4, -0.2) is 17.8 Å². The minimum Gasteiger partial charge on any atom is -0.495 e. The van der Waals surface area contributed by atoms with Crippen LogP contribution in [0.4, 0.5) is 0 Å². The highest BCUT2D eigenvalue weighted by Gasteiger charge is 2.20. The number of aliphatic hydroxyl groups excluding tert-OH is 1. The summed E-state index contributed by atoms with van der Waals surface area (Å²) in [7, 11) is 0. The first-order valence-electron chi connectivity index (χ1n) is 5.54. The van der Waals surface area contributed by atoms with Crippen LogP contribution in [0.1, 0.15) is 40.5 Å². The minimum atomic E-state index is -0.533. The molecule has 2 heteroatoms. The normalized spacial score (nSPS) is 14.9. The maximum atomic E-state index is 9.96. The van der Waals surface area contributed by atoms with Crippen LogP contribution in [0.3, 0.4) is 0 Å². The molecule has 0 spiro atoms. The topological polar surface area (TPSA) is 29.5 Å². The van der Waals surface area contributed by atoms with Crippen molar-refractivity contribution in [3.8, 4) is 0 Å². The number of allylic oxidation sites excluding steroid dienone is 2. The first-order valence-corrected chi connectivity index (χ1v) is 5.54. The van der Waals surface area contributed by atoms with E-state index in [4.69, 9.17) is 4.74 Å². The van der Waals surface area contributed by atoms with E-state index in [0.717, 1.165) is 6.42 Å². The summed E-state index contributed by atoms with van der Waals surface area (Å²) in [6, 6.07) is 0.